The van der Waals surface area contributed by atoms with E-state index in [-0.39, 0.29) is 17.6 Å². The van der Waals surface area contributed by atoms with Gasteiger partial charge in [0, 0.05) is 11.8 Å². The zero-order chi connectivity index (χ0) is 15.2. The second-order valence-electron chi connectivity index (χ2n) is 5.59. The van der Waals surface area contributed by atoms with Crippen LogP contribution in [0.25, 0.3) is 0 Å². The van der Waals surface area contributed by atoms with Gasteiger partial charge in [0.05, 0.1) is 13.2 Å². The fourth-order valence-electron chi connectivity index (χ4n) is 2.39. The van der Waals surface area contributed by atoms with Crippen molar-refractivity contribution in [2.45, 2.75) is 26.3 Å². The first kappa shape index (κ1) is 15.4. The van der Waals surface area contributed by atoms with Crippen LogP contribution in [0, 0.1) is 11.7 Å². The van der Waals surface area contributed by atoms with Crippen LogP contribution in [0.4, 0.5) is 10.1 Å². The van der Waals surface area contributed by atoms with Crippen LogP contribution in [-0.2, 0) is 0 Å². The van der Waals surface area contributed by atoms with Gasteiger partial charge in [-0.1, -0.05) is 44.2 Å². The third kappa shape index (κ3) is 4.22. The molecular formula is C18H22FNO. The highest BCUT2D eigenvalue weighted by atomic mass is 19.1. The highest BCUT2D eigenvalue weighted by Gasteiger charge is 2.14. The second kappa shape index (κ2) is 7.11. The van der Waals surface area contributed by atoms with Crippen LogP contribution in [0.3, 0.4) is 0 Å². The van der Waals surface area contributed by atoms with Crippen molar-refractivity contribution in [3.05, 3.63) is 59.9 Å². The van der Waals surface area contributed by atoms with Crippen molar-refractivity contribution in [3.8, 4) is 5.75 Å². The maximum absolute atomic E-state index is 13.5. The zero-order valence-electron chi connectivity index (χ0n) is 12.8. The summed E-state index contributed by atoms with van der Waals surface area (Å²) in [5.74, 6) is 0.476. The maximum atomic E-state index is 13.5. The molecule has 2 nitrogen and oxygen atoms in total. The molecule has 1 N–H and O–H groups in total. The number of halogens is 1. The second-order valence-corrected chi connectivity index (χ2v) is 5.59. The molecule has 0 amide bonds. The molecule has 0 radical (unpaired) electrons. The van der Waals surface area contributed by atoms with Crippen molar-refractivity contribution in [2.24, 2.45) is 5.92 Å². The molecule has 0 bridgehead atoms. The molecule has 2 aromatic rings. The van der Waals surface area contributed by atoms with E-state index in [1.54, 1.807) is 12.1 Å². The summed E-state index contributed by atoms with van der Waals surface area (Å²) in [7, 11) is 1.48. The lowest BCUT2D eigenvalue weighted by Crippen LogP contribution is -2.13. The van der Waals surface area contributed by atoms with Crippen LogP contribution >= 0.6 is 0 Å². The minimum Gasteiger partial charge on any atom is -0.494 e. The first-order valence-corrected chi connectivity index (χ1v) is 7.25. The summed E-state index contributed by atoms with van der Waals surface area (Å²) in [6, 6.07) is 15.4. The molecule has 0 saturated heterocycles. The summed E-state index contributed by atoms with van der Waals surface area (Å²) in [5, 5.41) is 3.48. The first-order valence-electron chi connectivity index (χ1n) is 7.25. The smallest absolute Gasteiger partial charge is 0.165 e. The van der Waals surface area contributed by atoms with Crippen molar-refractivity contribution >= 4 is 5.69 Å². The molecule has 0 aliphatic carbocycles. The van der Waals surface area contributed by atoms with Crippen molar-refractivity contribution < 1.29 is 9.13 Å². The van der Waals surface area contributed by atoms with Gasteiger partial charge in [0.25, 0.3) is 0 Å². The van der Waals surface area contributed by atoms with Gasteiger partial charge >= 0.3 is 0 Å². The number of methoxy groups -OCH3 is 1. The molecule has 0 fully saturated rings. The quantitative estimate of drug-likeness (QED) is 0.804. The van der Waals surface area contributed by atoms with Gasteiger partial charge < -0.3 is 10.1 Å². The minimum atomic E-state index is -0.344. The van der Waals surface area contributed by atoms with E-state index >= 15 is 0 Å². The Morgan fingerprint density at radius 2 is 1.81 bits per heavy atom. The Morgan fingerprint density at radius 3 is 2.43 bits per heavy atom. The monoisotopic (exact) mass is 287 g/mol. The number of ether oxygens (including phenoxy) is 1. The molecule has 21 heavy (non-hydrogen) atoms. The first-order chi connectivity index (χ1) is 10.1. The van der Waals surface area contributed by atoms with Crippen molar-refractivity contribution in [2.75, 3.05) is 12.4 Å². The lowest BCUT2D eigenvalue weighted by atomic mass is 9.97. The molecule has 2 rings (SSSR count). The number of benzene rings is 2. The predicted molar refractivity (Wildman–Crippen MR) is 85.2 cm³/mol. The van der Waals surface area contributed by atoms with E-state index in [1.165, 1.54) is 18.7 Å². The molecule has 0 spiro atoms. The fourth-order valence-corrected chi connectivity index (χ4v) is 2.39. The molecule has 0 heterocycles. The largest absolute Gasteiger partial charge is 0.494 e. The summed E-state index contributed by atoms with van der Waals surface area (Å²) >= 11 is 0. The molecule has 1 atom stereocenters. The van der Waals surface area contributed by atoms with Gasteiger partial charge in [-0.2, -0.15) is 0 Å². The molecule has 0 aliphatic heterocycles. The molecule has 3 heteroatoms. The Morgan fingerprint density at radius 1 is 1.10 bits per heavy atom. The van der Waals surface area contributed by atoms with Gasteiger partial charge in [0.2, 0.25) is 0 Å². The van der Waals surface area contributed by atoms with E-state index < -0.39 is 0 Å². The molecule has 112 valence electrons. The average Bonchev–Trinajstić information content (AvgIpc) is 2.49. The fraction of sp³-hybridized carbons (Fsp3) is 0.333. The number of rotatable bonds is 6. The van der Waals surface area contributed by atoms with E-state index in [1.807, 2.05) is 18.2 Å². The van der Waals surface area contributed by atoms with E-state index in [0.717, 1.165) is 12.1 Å². The van der Waals surface area contributed by atoms with Gasteiger partial charge in [-0.15, -0.1) is 0 Å². The number of hydrogen-bond donors (Lipinski definition) is 1. The predicted octanol–water partition coefficient (Wildman–Crippen LogP) is 5.03. The topological polar surface area (TPSA) is 21.3 Å². The average molecular weight is 287 g/mol. The van der Waals surface area contributed by atoms with Crippen LogP contribution in [-0.4, -0.2) is 7.11 Å². The van der Waals surface area contributed by atoms with Gasteiger partial charge in [-0.3, -0.25) is 0 Å². The van der Waals surface area contributed by atoms with Gasteiger partial charge in [0.15, 0.2) is 11.6 Å². The van der Waals surface area contributed by atoms with Crippen LogP contribution in [0.15, 0.2) is 48.5 Å². The number of hydrogen-bond acceptors (Lipinski definition) is 2. The summed E-state index contributed by atoms with van der Waals surface area (Å²) in [4.78, 5) is 0. The zero-order valence-corrected chi connectivity index (χ0v) is 12.8. The number of nitrogens with one attached hydrogen (secondary N) is 1. The van der Waals surface area contributed by atoms with Crippen molar-refractivity contribution in [1.82, 2.24) is 0 Å². The summed E-state index contributed by atoms with van der Waals surface area (Å²) in [6.07, 6.45) is 1.00. The van der Waals surface area contributed by atoms with Crippen molar-refractivity contribution in [3.63, 3.8) is 0 Å². The SMILES string of the molecule is COc1cc(NC(CC(C)C)c2ccccc2)ccc1F. The number of anilines is 1. The van der Waals surface area contributed by atoms with Crippen molar-refractivity contribution in [1.29, 1.82) is 0 Å². The third-order valence-electron chi connectivity index (χ3n) is 3.40. The minimum absolute atomic E-state index is 0.196. The standard InChI is InChI=1S/C18H22FNO/c1-13(2)11-17(14-7-5-4-6-8-14)20-15-9-10-16(19)18(12-15)21-3/h4-10,12-13,17,20H,11H2,1-3H3. The van der Waals surface area contributed by atoms with E-state index in [4.69, 9.17) is 4.74 Å². The molecule has 0 saturated carbocycles. The molecule has 0 aromatic heterocycles. The lowest BCUT2D eigenvalue weighted by molar-refractivity contribution is 0.386. The molecule has 1 unspecified atom stereocenters. The van der Waals surface area contributed by atoms with Gasteiger partial charge in [0.1, 0.15) is 0 Å². The summed E-state index contributed by atoms with van der Waals surface area (Å²) in [5.41, 5.74) is 2.09. The summed E-state index contributed by atoms with van der Waals surface area (Å²) < 4.78 is 18.5. The molecular weight excluding hydrogens is 265 g/mol. The van der Waals surface area contributed by atoms with E-state index in [9.17, 15) is 4.39 Å². The normalized spacial score (nSPS) is 12.2. The van der Waals surface area contributed by atoms with Gasteiger partial charge in [-0.05, 0) is 30.0 Å². The maximum Gasteiger partial charge on any atom is 0.165 e. The Kier molecular flexibility index (Phi) is 5.20. The summed E-state index contributed by atoms with van der Waals surface area (Å²) in [6.45, 7) is 4.39. The van der Waals surface area contributed by atoms with Crippen LogP contribution in [0.1, 0.15) is 31.9 Å². The van der Waals surface area contributed by atoms with Crippen LogP contribution in [0.2, 0.25) is 0 Å². The highest BCUT2D eigenvalue weighted by Crippen LogP contribution is 2.28. The molecule has 2 aromatic carbocycles. The Labute approximate surface area is 126 Å². The Bertz CT molecular complexity index is 569. The van der Waals surface area contributed by atoms with Crippen LogP contribution < -0.4 is 10.1 Å². The van der Waals surface area contributed by atoms with E-state index in [2.05, 4.69) is 31.3 Å². The third-order valence-corrected chi connectivity index (χ3v) is 3.40. The van der Waals surface area contributed by atoms with E-state index in [0.29, 0.717) is 5.92 Å². The highest BCUT2D eigenvalue weighted by molar-refractivity contribution is 5.50. The Hall–Kier alpha value is -2.03. The lowest BCUT2D eigenvalue weighted by Gasteiger charge is -2.22. The van der Waals surface area contributed by atoms with Gasteiger partial charge in [-0.25, -0.2) is 4.39 Å². The molecule has 0 aliphatic rings. The van der Waals surface area contributed by atoms with Crippen LogP contribution in [0.5, 0.6) is 5.75 Å². The Balaban J connectivity index is 2.23.